The van der Waals surface area contributed by atoms with E-state index in [1.165, 1.54) is 12.1 Å². The number of carbonyl (C=O) groups excluding carboxylic acids is 1. The highest BCUT2D eigenvalue weighted by Crippen LogP contribution is 2.16. The summed E-state index contributed by atoms with van der Waals surface area (Å²) >= 11 is 0. The molecule has 2 rings (SSSR count). The Labute approximate surface area is 153 Å². The minimum atomic E-state index is -3.82. The van der Waals surface area contributed by atoms with Gasteiger partial charge >= 0.3 is 5.97 Å². The Balaban J connectivity index is 2.08. The van der Waals surface area contributed by atoms with Crippen molar-refractivity contribution in [2.45, 2.75) is 37.8 Å². The number of benzene rings is 2. The van der Waals surface area contributed by atoms with Gasteiger partial charge in [0.2, 0.25) is 10.0 Å². The van der Waals surface area contributed by atoms with Crippen LogP contribution in [0.25, 0.3) is 0 Å². The number of ether oxygens (including phenoxy) is 1. The van der Waals surface area contributed by atoms with Gasteiger partial charge in [0, 0.05) is 6.54 Å². The molecule has 0 spiro atoms. The fourth-order valence-corrected chi connectivity index (χ4v) is 3.32. The molecule has 136 valence electrons. The molecule has 2 aromatic carbocycles. The average Bonchev–Trinajstić information content (AvgIpc) is 2.59. The van der Waals surface area contributed by atoms with Gasteiger partial charge in [-0.05, 0) is 50.6 Å². The lowest BCUT2D eigenvalue weighted by atomic mass is 10.1. The van der Waals surface area contributed by atoms with Crippen LogP contribution in [0.5, 0.6) is 0 Å². The van der Waals surface area contributed by atoms with Gasteiger partial charge in [-0.15, -0.1) is 0 Å². The molecule has 0 saturated carbocycles. The van der Waals surface area contributed by atoms with E-state index in [0.29, 0.717) is 11.1 Å². The number of nitrogens with one attached hydrogen (secondary N) is 1. The quantitative estimate of drug-likeness (QED) is 0.814. The van der Waals surface area contributed by atoms with Crippen molar-refractivity contribution >= 4 is 16.0 Å². The van der Waals surface area contributed by atoms with Gasteiger partial charge in [-0.25, -0.2) is 17.9 Å². The van der Waals surface area contributed by atoms with E-state index in [1.807, 2.05) is 6.07 Å². The van der Waals surface area contributed by atoms with Gasteiger partial charge in [-0.2, -0.15) is 5.26 Å². The Kier molecular flexibility index (Phi) is 5.80. The lowest BCUT2D eigenvalue weighted by Crippen LogP contribution is -2.24. The van der Waals surface area contributed by atoms with E-state index in [-0.39, 0.29) is 17.0 Å². The Bertz CT molecular complexity index is 937. The highest BCUT2D eigenvalue weighted by atomic mass is 32.2. The van der Waals surface area contributed by atoms with Gasteiger partial charge in [0.15, 0.2) is 0 Å². The van der Waals surface area contributed by atoms with Crippen LogP contribution < -0.4 is 4.72 Å². The maximum absolute atomic E-state index is 12.4. The van der Waals surface area contributed by atoms with Gasteiger partial charge in [0.1, 0.15) is 11.7 Å². The maximum atomic E-state index is 12.4. The predicted molar refractivity (Wildman–Crippen MR) is 96.8 cm³/mol. The number of esters is 1. The first kappa shape index (κ1) is 19.6. The second-order valence-electron chi connectivity index (χ2n) is 6.63. The normalized spacial score (nSPS) is 11.6. The molecule has 0 aromatic heterocycles. The van der Waals surface area contributed by atoms with Crippen molar-refractivity contribution in [2.24, 2.45) is 0 Å². The monoisotopic (exact) mass is 372 g/mol. The predicted octanol–water partition coefficient (Wildman–Crippen LogP) is 2.99. The molecule has 2 aromatic rings. The van der Waals surface area contributed by atoms with E-state index < -0.39 is 21.6 Å². The lowest BCUT2D eigenvalue weighted by molar-refractivity contribution is 0.00695. The van der Waals surface area contributed by atoms with Gasteiger partial charge in [-0.3, -0.25) is 0 Å². The van der Waals surface area contributed by atoms with E-state index in [2.05, 4.69) is 4.72 Å². The molecular weight excluding hydrogens is 352 g/mol. The fourth-order valence-electron chi connectivity index (χ4n) is 2.15. The molecule has 0 bridgehead atoms. The summed E-state index contributed by atoms with van der Waals surface area (Å²) in [7, 11) is -3.82. The van der Waals surface area contributed by atoms with Crippen molar-refractivity contribution in [3.8, 4) is 6.07 Å². The second-order valence-corrected chi connectivity index (χ2v) is 8.37. The number of carbonyl (C=O) groups is 1. The second kappa shape index (κ2) is 7.68. The molecule has 0 saturated heterocycles. The van der Waals surface area contributed by atoms with Crippen molar-refractivity contribution in [3.63, 3.8) is 0 Å². The van der Waals surface area contributed by atoms with Crippen LogP contribution in [0.15, 0.2) is 53.4 Å². The molecule has 0 aliphatic heterocycles. The highest BCUT2D eigenvalue weighted by molar-refractivity contribution is 7.89. The lowest BCUT2D eigenvalue weighted by Gasteiger charge is -2.19. The zero-order valence-corrected chi connectivity index (χ0v) is 15.6. The molecule has 1 N–H and O–H groups in total. The molecule has 0 heterocycles. The van der Waals surface area contributed by atoms with Crippen LogP contribution in [-0.4, -0.2) is 20.0 Å². The Morgan fingerprint density at radius 2 is 1.73 bits per heavy atom. The Morgan fingerprint density at radius 3 is 2.31 bits per heavy atom. The van der Waals surface area contributed by atoms with Crippen LogP contribution in [0, 0.1) is 11.3 Å². The first-order chi connectivity index (χ1) is 12.1. The van der Waals surface area contributed by atoms with Crippen molar-refractivity contribution in [3.05, 3.63) is 65.2 Å². The van der Waals surface area contributed by atoms with Gasteiger partial charge < -0.3 is 4.74 Å². The zero-order chi connectivity index (χ0) is 19.4. The summed E-state index contributed by atoms with van der Waals surface area (Å²) in [5.41, 5.74) is 0.566. The Morgan fingerprint density at radius 1 is 1.12 bits per heavy atom. The number of nitriles is 1. The molecular formula is C19H20N2O4S. The summed E-state index contributed by atoms with van der Waals surface area (Å²) in [6, 6.07) is 14.3. The van der Waals surface area contributed by atoms with Gasteiger partial charge in [0.25, 0.3) is 0 Å². The van der Waals surface area contributed by atoms with Gasteiger partial charge in [0.05, 0.1) is 16.0 Å². The summed E-state index contributed by atoms with van der Waals surface area (Å²) in [4.78, 5) is 11.9. The first-order valence-electron chi connectivity index (χ1n) is 7.93. The van der Waals surface area contributed by atoms with Crippen LogP contribution in [0.1, 0.15) is 42.3 Å². The van der Waals surface area contributed by atoms with E-state index >= 15 is 0 Å². The van der Waals surface area contributed by atoms with Gasteiger partial charge in [-0.1, -0.05) is 24.3 Å². The standard InChI is InChI=1S/C19H20N2O4S/c1-19(2,3)25-18(22)15-10-8-14(9-11-15)13-21-26(23,24)17-7-5-4-6-16(17)12-20/h4-11,21H,13H2,1-3H3. The molecule has 0 aliphatic rings. The fraction of sp³-hybridized carbons (Fsp3) is 0.263. The molecule has 0 aliphatic carbocycles. The third-order valence-electron chi connectivity index (χ3n) is 3.35. The average molecular weight is 372 g/mol. The van der Waals surface area contributed by atoms with Crippen LogP contribution in [0.4, 0.5) is 0 Å². The molecule has 6 nitrogen and oxygen atoms in total. The van der Waals surface area contributed by atoms with Crippen LogP contribution in [0.3, 0.4) is 0 Å². The van der Waals surface area contributed by atoms with E-state index in [9.17, 15) is 13.2 Å². The number of sulfonamides is 1. The molecule has 0 atom stereocenters. The molecule has 0 fully saturated rings. The van der Waals surface area contributed by atoms with Crippen molar-refractivity contribution < 1.29 is 17.9 Å². The SMILES string of the molecule is CC(C)(C)OC(=O)c1ccc(CNS(=O)(=O)c2ccccc2C#N)cc1. The largest absolute Gasteiger partial charge is 0.456 e. The topological polar surface area (TPSA) is 96.3 Å². The molecule has 0 amide bonds. The van der Waals surface area contributed by atoms with E-state index in [4.69, 9.17) is 10.00 Å². The zero-order valence-electron chi connectivity index (χ0n) is 14.8. The molecule has 0 unspecified atom stereocenters. The third kappa shape index (κ3) is 5.15. The highest BCUT2D eigenvalue weighted by Gasteiger charge is 2.19. The van der Waals surface area contributed by atoms with Crippen LogP contribution in [-0.2, 0) is 21.3 Å². The van der Waals surface area contributed by atoms with E-state index in [0.717, 1.165) is 0 Å². The third-order valence-corrected chi connectivity index (χ3v) is 4.81. The summed E-state index contributed by atoms with van der Waals surface area (Å²) in [6.45, 7) is 5.39. The molecule has 26 heavy (non-hydrogen) atoms. The summed E-state index contributed by atoms with van der Waals surface area (Å²) in [5.74, 6) is -0.437. The molecule has 0 radical (unpaired) electrons. The Hall–Kier alpha value is -2.69. The van der Waals surface area contributed by atoms with Crippen molar-refractivity contribution in [2.75, 3.05) is 0 Å². The number of nitrogens with zero attached hydrogens (tertiary/aromatic N) is 1. The van der Waals surface area contributed by atoms with Crippen molar-refractivity contribution in [1.82, 2.24) is 4.72 Å². The van der Waals surface area contributed by atoms with Crippen molar-refractivity contribution in [1.29, 1.82) is 5.26 Å². The first-order valence-corrected chi connectivity index (χ1v) is 9.42. The summed E-state index contributed by atoms with van der Waals surface area (Å²) in [5, 5.41) is 9.04. The van der Waals surface area contributed by atoms with Crippen LogP contribution in [0.2, 0.25) is 0 Å². The number of hydrogen-bond acceptors (Lipinski definition) is 5. The molecule has 7 heteroatoms. The van der Waals surface area contributed by atoms with Crippen LogP contribution >= 0.6 is 0 Å². The summed E-state index contributed by atoms with van der Waals surface area (Å²) in [6.07, 6.45) is 0. The summed E-state index contributed by atoms with van der Waals surface area (Å²) < 4.78 is 32.5. The minimum Gasteiger partial charge on any atom is -0.456 e. The maximum Gasteiger partial charge on any atom is 0.338 e. The smallest absolute Gasteiger partial charge is 0.338 e. The number of rotatable bonds is 5. The minimum absolute atomic E-state index is 0.0384. The van der Waals surface area contributed by atoms with E-state index in [1.54, 1.807) is 57.2 Å². The number of hydrogen-bond donors (Lipinski definition) is 1.